The minimum Gasteiger partial charge on any atom is -0.504 e. The topological polar surface area (TPSA) is 65.6 Å². The fourth-order valence-corrected chi connectivity index (χ4v) is 1.72. The van der Waals surface area contributed by atoms with Gasteiger partial charge >= 0.3 is 0 Å². The van der Waals surface area contributed by atoms with Crippen molar-refractivity contribution in [2.24, 2.45) is 4.99 Å². The van der Waals surface area contributed by atoms with E-state index in [-0.39, 0.29) is 5.75 Å². The molecule has 0 aliphatic rings. The van der Waals surface area contributed by atoms with Gasteiger partial charge in [-0.3, -0.25) is 4.99 Å². The predicted octanol–water partition coefficient (Wildman–Crippen LogP) is 3.41. The number of nitriles is 1. The largest absolute Gasteiger partial charge is 0.504 e. The zero-order valence-corrected chi connectivity index (χ0v) is 11.1. The number of phenolic OH excluding ortho intramolecular Hbond substituents is 1. The van der Waals surface area contributed by atoms with E-state index in [4.69, 9.17) is 10.00 Å². The van der Waals surface area contributed by atoms with E-state index in [1.165, 1.54) is 0 Å². The third-order valence-electron chi connectivity index (χ3n) is 2.66. The molecule has 2 aromatic rings. The Morgan fingerprint density at radius 1 is 1.30 bits per heavy atom. The maximum absolute atomic E-state index is 10.0. The number of benzene rings is 2. The molecule has 2 aromatic carbocycles. The van der Waals surface area contributed by atoms with Crippen molar-refractivity contribution in [1.82, 2.24) is 0 Å². The van der Waals surface area contributed by atoms with Crippen LogP contribution in [-0.2, 0) is 0 Å². The molecule has 0 radical (unpaired) electrons. The lowest BCUT2D eigenvalue weighted by Crippen LogP contribution is -1.93. The molecule has 1 N–H and O–H groups in total. The molecule has 0 amide bonds. The first kappa shape index (κ1) is 13.6. The third-order valence-corrected chi connectivity index (χ3v) is 2.66. The van der Waals surface area contributed by atoms with Gasteiger partial charge in [-0.15, -0.1) is 0 Å². The Balaban J connectivity index is 2.27. The summed E-state index contributed by atoms with van der Waals surface area (Å²) in [5, 5.41) is 18.9. The van der Waals surface area contributed by atoms with Crippen LogP contribution in [0.5, 0.6) is 11.5 Å². The quantitative estimate of drug-likeness (QED) is 0.862. The van der Waals surface area contributed by atoms with E-state index in [0.717, 1.165) is 0 Å². The summed E-state index contributed by atoms with van der Waals surface area (Å²) in [6, 6.07) is 14.2. The van der Waals surface area contributed by atoms with Crippen molar-refractivity contribution in [3.8, 4) is 17.6 Å². The zero-order valence-electron chi connectivity index (χ0n) is 11.1. The Labute approximate surface area is 117 Å². The van der Waals surface area contributed by atoms with Gasteiger partial charge in [0.25, 0.3) is 0 Å². The van der Waals surface area contributed by atoms with Crippen LogP contribution in [0.25, 0.3) is 0 Å². The second-order valence-electron chi connectivity index (χ2n) is 4.05. The zero-order chi connectivity index (χ0) is 14.4. The molecular formula is C16H14N2O2. The maximum Gasteiger partial charge on any atom is 0.166 e. The number of phenols is 1. The highest BCUT2D eigenvalue weighted by Gasteiger charge is 2.05. The highest BCUT2D eigenvalue weighted by molar-refractivity contribution is 5.86. The molecule has 100 valence electrons. The summed E-state index contributed by atoms with van der Waals surface area (Å²) >= 11 is 0. The minimum atomic E-state index is 0.0644. The summed E-state index contributed by atoms with van der Waals surface area (Å²) in [4.78, 5) is 4.26. The molecule has 4 heteroatoms. The van der Waals surface area contributed by atoms with Gasteiger partial charge in [0.15, 0.2) is 11.5 Å². The van der Waals surface area contributed by atoms with Crippen LogP contribution in [0.2, 0.25) is 0 Å². The molecule has 0 bridgehead atoms. The molecule has 0 heterocycles. The molecule has 0 aromatic heterocycles. The van der Waals surface area contributed by atoms with Gasteiger partial charge in [0.2, 0.25) is 0 Å². The molecule has 20 heavy (non-hydrogen) atoms. The van der Waals surface area contributed by atoms with Crippen molar-refractivity contribution in [3.05, 3.63) is 53.6 Å². The first-order valence-corrected chi connectivity index (χ1v) is 6.23. The van der Waals surface area contributed by atoms with Gasteiger partial charge in [-0.1, -0.05) is 12.1 Å². The van der Waals surface area contributed by atoms with Crippen molar-refractivity contribution in [2.75, 3.05) is 6.61 Å². The lowest BCUT2D eigenvalue weighted by Gasteiger charge is -2.07. The first-order chi connectivity index (χ1) is 9.74. The van der Waals surface area contributed by atoms with E-state index in [1.807, 2.05) is 6.92 Å². The molecule has 0 aliphatic heterocycles. The Kier molecular flexibility index (Phi) is 4.35. The molecule has 4 nitrogen and oxygen atoms in total. The molecule has 0 spiro atoms. The number of rotatable bonds is 4. The average Bonchev–Trinajstić information content (AvgIpc) is 2.48. The van der Waals surface area contributed by atoms with E-state index in [1.54, 1.807) is 48.7 Å². The predicted molar refractivity (Wildman–Crippen MR) is 77.7 cm³/mol. The Morgan fingerprint density at radius 3 is 2.85 bits per heavy atom. The van der Waals surface area contributed by atoms with E-state index in [9.17, 15) is 5.11 Å². The fourth-order valence-electron chi connectivity index (χ4n) is 1.72. The maximum atomic E-state index is 10.0. The summed E-state index contributed by atoms with van der Waals surface area (Å²) in [7, 11) is 0. The Hall–Kier alpha value is -2.80. The van der Waals surface area contributed by atoms with Crippen molar-refractivity contribution in [3.63, 3.8) is 0 Å². The lowest BCUT2D eigenvalue weighted by atomic mass is 10.2. The summed E-state index contributed by atoms with van der Waals surface area (Å²) in [6.45, 7) is 2.34. The highest BCUT2D eigenvalue weighted by Crippen LogP contribution is 2.29. The molecule has 0 fully saturated rings. The average molecular weight is 266 g/mol. The van der Waals surface area contributed by atoms with E-state index in [2.05, 4.69) is 11.1 Å². The SMILES string of the molecule is CCOc1cccc(C=Nc2cccc(C#N)c2)c1O. The van der Waals surface area contributed by atoms with Gasteiger partial charge in [-0.25, -0.2) is 0 Å². The normalized spacial score (nSPS) is 10.4. The molecule has 0 unspecified atom stereocenters. The molecule has 0 atom stereocenters. The second kappa shape index (κ2) is 6.39. The Morgan fingerprint density at radius 2 is 2.10 bits per heavy atom. The minimum absolute atomic E-state index is 0.0644. The molecule has 0 saturated heterocycles. The van der Waals surface area contributed by atoms with Gasteiger partial charge in [-0.2, -0.15) is 5.26 Å². The second-order valence-corrected chi connectivity index (χ2v) is 4.05. The van der Waals surface area contributed by atoms with Gasteiger partial charge < -0.3 is 9.84 Å². The monoisotopic (exact) mass is 266 g/mol. The van der Waals surface area contributed by atoms with Crippen LogP contribution >= 0.6 is 0 Å². The number of aromatic hydroxyl groups is 1. The molecule has 0 aliphatic carbocycles. The fraction of sp³-hybridized carbons (Fsp3) is 0.125. The summed E-state index contributed by atoms with van der Waals surface area (Å²) < 4.78 is 5.31. The van der Waals surface area contributed by atoms with Crippen LogP contribution in [0.4, 0.5) is 5.69 Å². The highest BCUT2D eigenvalue weighted by atomic mass is 16.5. The van der Waals surface area contributed by atoms with Crippen LogP contribution in [0.3, 0.4) is 0 Å². The van der Waals surface area contributed by atoms with Crippen molar-refractivity contribution in [2.45, 2.75) is 6.92 Å². The van der Waals surface area contributed by atoms with Gasteiger partial charge in [0.05, 0.1) is 23.9 Å². The van der Waals surface area contributed by atoms with Crippen molar-refractivity contribution >= 4 is 11.9 Å². The first-order valence-electron chi connectivity index (χ1n) is 6.23. The summed E-state index contributed by atoms with van der Waals surface area (Å²) in [6.07, 6.45) is 1.55. The van der Waals surface area contributed by atoms with Crippen LogP contribution in [0.1, 0.15) is 18.1 Å². The van der Waals surface area contributed by atoms with Crippen LogP contribution in [-0.4, -0.2) is 17.9 Å². The van der Waals surface area contributed by atoms with Gasteiger partial charge in [0, 0.05) is 11.8 Å². The number of ether oxygens (including phenoxy) is 1. The standard InChI is InChI=1S/C16H14N2O2/c1-2-20-15-8-4-6-13(16(15)19)11-18-14-7-3-5-12(9-14)10-17/h3-9,11,19H,2H2,1H3. The number of hydrogen-bond acceptors (Lipinski definition) is 4. The van der Waals surface area contributed by atoms with Crippen LogP contribution < -0.4 is 4.74 Å². The van der Waals surface area contributed by atoms with E-state index in [0.29, 0.717) is 29.2 Å². The van der Waals surface area contributed by atoms with E-state index < -0.39 is 0 Å². The van der Waals surface area contributed by atoms with Crippen molar-refractivity contribution < 1.29 is 9.84 Å². The van der Waals surface area contributed by atoms with E-state index >= 15 is 0 Å². The smallest absolute Gasteiger partial charge is 0.166 e. The van der Waals surface area contributed by atoms with Crippen LogP contribution in [0, 0.1) is 11.3 Å². The number of nitrogens with zero attached hydrogens (tertiary/aromatic N) is 2. The number of aliphatic imine (C=N–C) groups is 1. The summed E-state index contributed by atoms with van der Waals surface area (Å²) in [5.41, 5.74) is 1.77. The lowest BCUT2D eigenvalue weighted by molar-refractivity contribution is 0.318. The molecule has 0 saturated carbocycles. The van der Waals surface area contributed by atoms with Crippen molar-refractivity contribution in [1.29, 1.82) is 5.26 Å². The Bertz CT molecular complexity index is 672. The number of hydrogen-bond donors (Lipinski definition) is 1. The molecular weight excluding hydrogens is 252 g/mol. The molecule has 2 rings (SSSR count). The van der Waals surface area contributed by atoms with Gasteiger partial charge in [-0.05, 0) is 37.3 Å². The number of para-hydroxylation sites is 1. The summed E-state index contributed by atoms with van der Waals surface area (Å²) in [5.74, 6) is 0.497. The third kappa shape index (κ3) is 3.15. The van der Waals surface area contributed by atoms with Crippen LogP contribution in [0.15, 0.2) is 47.5 Å². The van der Waals surface area contributed by atoms with Gasteiger partial charge in [0.1, 0.15) is 0 Å².